The van der Waals surface area contributed by atoms with Crippen molar-refractivity contribution in [1.82, 2.24) is 15.1 Å². The minimum Gasteiger partial charge on any atom is -0.497 e. The summed E-state index contributed by atoms with van der Waals surface area (Å²) in [6.07, 6.45) is -0.253. The van der Waals surface area contributed by atoms with Gasteiger partial charge in [-0.1, -0.05) is 0 Å². The molecule has 1 fully saturated rings. The van der Waals surface area contributed by atoms with Gasteiger partial charge in [0, 0.05) is 37.8 Å². The van der Waals surface area contributed by atoms with Crippen LogP contribution < -0.4 is 14.8 Å². The zero-order chi connectivity index (χ0) is 20.3. The molecule has 3 rings (SSSR count). The van der Waals surface area contributed by atoms with Crippen LogP contribution in [0.15, 0.2) is 23.2 Å². The summed E-state index contributed by atoms with van der Waals surface area (Å²) in [5, 5.41) is 3.41. The lowest BCUT2D eigenvalue weighted by atomic mass is 10.2. The molecule has 154 valence electrons. The van der Waals surface area contributed by atoms with E-state index in [1.54, 1.807) is 19.1 Å². The molecule has 8 heteroatoms. The van der Waals surface area contributed by atoms with Crippen LogP contribution in [0.3, 0.4) is 0 Å². The van der Waals surface area contributed by atoms with Crippen molar-refractivity contribution in [2.24, 2.45) is 4.99 Å². The first kappa shape index (κ1) is 20.1. The maximum atomic E-state index is 12.3. The van der Waals surface area contributed by atoms with Crippen molar-refractivity contribution in [2.45, 2.75) is 39.0 Å². The maximum absolute atomic E-state index is 12.3. The van der Waals surface area contributed by atoms with Crippen molar-refractivity contribution < 1.29 is 19.0 Å². The number of piperazine rings is 1. The Morgan fingerprint density at radius 2 is 2.04 bits per heavy atom. The number of benzene rings is 1. The van der Waals surface area contributed by atoms with Crippen LogP contribution >= 0.6 is 0 Å². The number of amides is 1. The number of rotatable bonds is 4. The molecule has 1 N–H and O–H groups in total. The molecule has 0 saturated carbocycles. The average molecular weight is 390 g/mol. The smallest absolute Gasteiger partial charge is 0.410 e. The first-order valence-electron chi connectivity index (χ1n) is 9.54. The Labute approximate surface area is 166 Å². The fourth-order valence-corrected chi connectivity index (χ4v) is 3.39. The number of nitrogens with one attached hydrogen (secondary N) is 1. The first-order valence-corrected chi connectivity index (χ1v) is 9.54. The van der Waals surface area contributed by atoms with Gasteiger partial charge in [-0.2, -0.15) is 0 Å². The third kappa shape index (κ3) is 4.61. The number of aliphatic imine (C=N–C) groups is 1. The fourth-order valence-electron chi connectivity index (χ4n) is 3.39. The van der Waals surface area contributed by atoms with Gasteiger partial charge in [-0.25, -0.2) is 4.79 Å². The Hall–Kier alpha value is -2.64. The van der Waals surface area contributed by atoms with Gasteiger partial charge in [-0.3, -0.25) is 4.99 Å². The Morgan fingerprint density at radius 3 is 2.71 bits per heavy atom. The van der Waals surface area contributed by atoms with E-state index in [0.717, 1.165) is 29.6 Å². The number of nitrogens with zero attached hydrogens (tertiary/aromatic N) is 3. The molecule has 1 unspecified atom stereocenters. The van der Waals surface area contributed by atoms with E-state index in [1.165, 1.54) is 0 Å². The molecule has 0 spiro atoms. The highest BCUT2D eigenvalue weighted by molar-refractivity contribution is 5.82. The van der Waals surface area contributed by atoms with E-state index in [0.29, 0.717) is 26.2 Å². The van der Waals surface area contributed by atoms with Gasteiger partial charge in [-0.05, 0) is 32.9 Å². The Bertz CT molecular complexity index is 744. The highest BCUT2D eigenvalue weighted by atomic mass is 16.6. The summed E-state index contributed by atoms with van der Waals surface area (Å²) in [6.45, 7) is 8.90. The molecule has 8 nitrogen and oxygen atoms in total. The summed E-state index contributed by atoms with van der Waals surface area (Å²) in [5.41, 5.74) is 0.548. The van der Waals surface area contributed by atoms with E-state index < -0.39 is 5.60 Å². The van der Waals surface area contributed by atoms with Gasteiger partial charge < -0.3 is 29.3 Å². The standard InChI is InChI=1S/C20H30N4O4/c1-20(2,3)28-19(25)23-8-9-24-15(13-23)12-22-18(24)21-11-14-6-7-16(26-4)10-17(14)27-5/h6-7,10,15H,8-9,11-13H2,1-5H3,(H,21,22). The number of ether oxygens (including phenoxy) is 3. The Kier molecular flexibility index (Phi) is 5.86. The molecule has 28 heavy (non-hydrogen) atoms. The number of methoxy groups -OCH3 is 2. The summed E-state index contributed by atoms with van der Waals surface area (Å²) in [4.78, 5) is 21.0. The summed E-state index contributed by atoms with van der Waals surface area (Å²) in [7, 11) is 3.29. The van der Waals surface area contributed by atoms with E-state index in [1.807, 2.05) is 39.0 Å². The van der Waals surface area contributed by atoms with Crippen LogP contribution in [0, 0.1) is 0 Å². The quantitative estimate of drug-likeness (QED) is 0.848. The van der Waals surface area contributed by atoms with Crippen LogP contribution in [0.4, 0.5) is 4.79 Å². The third-order valence-corrected chi connectivity index (χ3v) is 4.79. The molecular weight excluding hydrogens is 360 g/mol. The molecular formula is C20H30N4O4. The van der Waals surface area contributed by atoms with Gasteiger partial charge in [0.15, 0.2) is 5.96 Å². The summed E-state index contributed by atoms with van der Waals surface area (Å²) >= 11 is 0. The molecule has 0 aromatic heterocycles. The molecule has 1 atom stereocenters. The lowest BCUT2D eigenvalue weighted by molar-refractivity contribution is 0.0137. The fraction of sp³-hybridized carbons (Fsp3) is 0.600. The first-order chi connectivity index (χ1) is 13.3. The molecule has 2 heterocycles. The van der Waals surface area contributed by atoms with Crippen LogP contribution in [0.25, 0.3) is 0 Å². The maximum Gasteiger partial charge on any atom is 0.410 e. The molecule has 0 bridgehead atoms. The van der Waals surface area contributed by atoms with E-state index in [-0.39, 0.29) is 12.1 Å². The molecule has 1 aromatic carbocycles. The number of hydrogen-bond donors (Lipinski definition) is 1. The van der Waals surface area contributed by atoms with E-state index >= 15 is 0 Å². The van der Waals surface area contributed by atoms with Crippen LogP contribution in [-0.4, -0.2) is 73.9 Å². The number of carbonyl (C=O) groups excluding carboxylic acids is 1. The highest BCUT2D eigenvalue weighted by Crippen LogP contribution is 2.25. The second-order valence-corrected chi connectivity index (χ2v) is 7.97. The van der Waals surface area contributed by atoms with Crippen molar-refractivity contribution in [3.8, 4) is 11.5 Å². The van der Waals surface area contributed by atoms with Crippen LogP contribution in [0.1, 0.15) is 26.3 Å². The number of carbonyl (C=O) groups is 1. The van der Waals surface area contributed by atoms with Gasteiger partial charge in [0.2, 0.25) is 0 Å². The normalized spacial score (nSPS) is 19.0. The van der Waals surface area contributed by atoms with Gasteiger partial charge in [0.25, 0.3) is 0 Å². The summed E-state index contributed by atoms with van der Waals surface area (Å²) in [6, 6.07) is 5.95. The molecule has 0 aliphatic carbocycles. The SMILES string of the molecule is COc1ccc(CNC2=NCC3CN(C(=O)OC(C)(C)C)CCN23)c(OC)c1. The highest BCUT2D eigenvalue weighted by Gasteiger charge is 2.36. The van der Waals surface area contributed by atoms with E-state index in [2.05, 4.69) is 15.2 Å². The van der Waals surface area contributed by atoms with Gasteiger partial charge in [0.05, 0.1) is 26.8 Å². The number of fused-ring (bicyclic) bond motifs is 1. The minimum absolute atomic E-state index is 0.182. The molecule has 2 aliphatic rings. The minimum atomic E-state index is -0.482. The molecule has 0 radical (unpaired) electrons. The van der Waals surface area contributed by atoms with Crippen molar-refractivity contribution in [2.75, 3.05) is 40.4 Å². The number of guanidine groups is 1. The Morgan fingerprint density at radius 1 is 1.25 bits per heavy atom. The largest absolute Gasteiger partial charge is 0.497 e. The van der Waals surface area contributed by atoms with E-state index in [4.69, 9.17) is 14.2 Å². The predicted molar refractivity (Wildman–Crippen MR) is 107 cm³/mol. The molecule has 1 saturated heterocycles. The monoisotopic (exact) mass is 390 g/mol. The Balaban J connectivity index is 1.56. The van der Waals surface area contributed by atoms with Crippen LogP contribution in [-0.2, 0) is 11.3 Å². The lowest BCUT2D eigenvalue weighted by Crippen LogP contribution is -2.57. The van der Waals surface area contributed by atoms with Gasteiger partial charge >= 0.3 is 6.09 Å². The van der Waals surface area contributed by atoms with Crippen molar-refractivity contribution >= 4 is 12.1 Å². The van der Waals surface area contributed by atoms with Gasteiger partial charge in [0.1, 0.15) is 17.1 Å². The summed E-state index contributed by atoms with van der Waals surface area (Å²) < 4.78 is 16.2. The zero-order valence-corrected chi connectivity index (χ0v) is 17.3. The molecule has 1 aromatic rings. The van der Waals surface area contributed by atoms with Crippen LogP contribution in [0.2, 0.25) is 0 Å². The average Bonchev–Trinajstić information content (AvgIpc) is 3.07. The van der Waals surface area contributed by atoms with Crippen molar-refractivity contribution in [1.29, 1.82) is 0 Å². The van der Waals surface area contributed by atoms with Gasteiger partial charge in [-0.15, -0.1) is 0 Å². The second kappa shape index (κ2) is 8.16. The molecule has 2 aliphatic heterocycles. The topological polar surface area (TPSA) is 75.6 Å². The van der Waals surface area contributed by atoms with Crippen molar-refractivity contribution in [3.05, 3.63) is 23.8 Å². The number of hydrogen-bond acceptors (Lipinski definition) is 7. The van der Waals surface area contributed by atoms with E-state index in [9.17, 15) is 4.79 Å². The van der Waals surface area contributed by atoms with Crippen LogP contribution in [0.5, 0.6) is 11.5 Å². The predicted octanol–water partition coefficient (Wildman–Crippen LogP) is 2.08. The zero-order valence-electron chi connectivity index (χ0n) is 17.3. The van der Waals surface area contributed by atoms with Crippen molar-refractivity contribution in [3.63, 3.8) is 0 Å². The lowest BCUT2D eigenvalue weighted by Gasteiger charge is -2.39. The molecule has 1 amide bonds. The second-order valence-electron chi connectivity index (χ2n) is 7.97. The third-order valence-electron chi connectivity index (χ3n) is 4.79. The summed E-state index contributed by atoms with van der Waals surface area (Å²) in [5.74, 6) is 2.40.